The maximum Gasteiger partial charge on any atom is 0.224 e. The molecule has 0 aliphatic rings. The highest BCUT2D eigenvalue weighted by molar-refractivity contribution is 5.85. The molecule has 0 fully saturated rings. The molecule has 1 aromatic heterocycles. The van der Waals surface area contributed by atoms with E-state index in [1.54, 1.807) is 7.11 Å². The minimum atomic E-state index is 0.604. The second-order valence-electron chi connectivity index (χ2n) is 5.01. The van der Waals surface area contributed by atoms with Crippen molar-refractivity contribution < 1.29 is 4.74 Å². The minimum Gasteiger partial charge on any atom is -0.480 e. The van der Waals surface area contributed by atoms with E-state index in [1.807, 2.05) is 50.5 Å². The maximum absolute atomic E-state index is 5.39. The third-order valence-corrected chi connectivity index (χ3v) is 3.40. The maximum atomic E-state index is 5.39. The smallest absolute Gasteiger partial charge is 0.224 e. The summed E-state index contributed by atoms with van der Waals surface area (Å²) < 4.78 is 5.39. The molecule has 0 saturated carbocycles. The predicted octanol–water partition coefficient (Wildman–Crippen LogP) is 3.37. The van der Waals surface area contributed by atoms with Crippen LogP contribution in [0.2, 0.25) is 0 Å². The summed E-state index contributed by atoms with van der Waals surface area (Å²) in [5.41, 5.74) is 3.01. The van der Waals surface area contributed by atoms with Crippen LogP contribution in [0.3, 0.4) is 0 Å². The molecule has 3 rings (SSSR count). The number of anilines is 1. The molecular formula is C17H17N3O. The SMILES string of the molecule is COc1nc(-c2ccc(N(C)C)cc2)nc2ccccc12. The Labute approximate surface area is 124 Å². The molecule has 1 heterocycles. The van der Waals surface area contributed by atoms with Gasteiger partial charge in [-0.15, -0.1) is 0 Å². The Balaban J connectivity index is 2.11. The van der Waals surface area contributed by atoms with Gasteiger partial charge in [0.2, 0.25) is 5.88 Å². The first-order valence-electron chi connectivity index (χ1n) is 6.77. The van der Waals surface area contributed by atoms with E-state index in [1.165, 1.54) is 0 Å². The van der Waals surface area contributed by atoms with E-state index in [0.29, 0.717) is 11.7 Å². The van der Waals surface area contributed by atoms with Crippen molar-refractivity contribution >= 4 is 16.6 Å². The molecule has 4 nitrogen and oxygen atoms in total. The molecule has 0 N–H and O–H groups in total. The number of aromatic nitrogens is 2. The first-order chi connectivity index (χ1) is 10.2. The summed E-state index contributed by atoms with van der Waals surface area (Å²) in [6.07, 6.45) is 0. The van der Waals surface area contributed by atoms with Crippen molar-refractivity contribution in [2.75, 3.05) is 26.1 Å². The molecule has 3 aromatic rings. The molecule has 21 heavy (non-hydrogen) atoms. The fourth-order valence-corrected chi connectivity index (χ4v) is 2.24. The topological polar surface area (TPSA) is 38.2 Å². The zero-order chi connectivity index (χ0) is 14.8. The van der Waals surface area contributed by atoms with Crippen LogP contribution in [0.15, 0.2) is 48.5 Å². The second-order valence-corrected chi connectivity index (χ2v) is 5.01. The van der Waals surface area contributed by atoms with Crippen LogP contribution in [0, 0.1) is 0 Å². The summed E-state index contributed by atoms with van der Waals surface area (Å²) in [4.78, 5) is 11.2. The number of hydrogen-bond donors (Lipinski definition) is 0. The van der Waals surface area contributed by atoms with Crippen molar-refractivity contribution in [1.82, 2.24) is 9.97 Å². The van der Waals surface area contributed by atoms with Crippen LogP contribution < -0.4 is 9.64 Å². The molecular weight excluding hydrogens is 262 g/mol. The van der Waals surface area contributed by atoms with Gasteiger partial charge in [-0.1, -0.05) is 12.1 Å². The second kappa shape index (κ2) is 5.40. The standard InChI is InChI=1S/C17H17N3O/c1-20(2)13-10-8-12(9-11-13)16-18-15-7-5-4-6-14(15)17(19-16)21-3/h4-11H,1-3H3. The molecule has 0 atom stereocenters. The van der Waals surface area contributed by atoms with Gasteiger partial charge in [0, 0.05) is 25.3 Å². The third-order valence-electron chi connectivity index (χ3n) is 3.40. The summed E-state index contributed by atoms with van der Waals surface area (Å²) >= 11 is 0. The number of ether oxygens (including phenoxy) is 1. The quantitative estimate of drug-likeness (QED) is 0.736. The largest absolute Gasteiger partial charge is 0.480 e. The Morgan fingerprint density at radius 3 is 2.29 bits per heavy atom. The van der Waals surface area contributed by atoms with Crippen molar-refractivity contribution in [1.29, 1.82) is 0 Å². The summed E-state index contributed by atoms with van der Waals surface area (Å²) in [6.45, 7) is 0. The van der Waals surface area contributed by atoms with E-state index in [0.717, 1.165) is 22.2 Å². The molecule has 0 saturated heterocycles. The van der Waals surface area contributed by atoms with Gasteiger partial charge in [0.05, 0.1) is 18.0 Å². The monoisotopic (exact) mass is 279 g/mol. The van der Waals surface area contributed by atoms with Gasteiger partial charge < -0.3 is 9.64 Å². The van der Waals surface area contributed by atoms with Crippen molar-refractivity contribution in [2.45, 2.75) is 0 Å². The van der Waals surface area contributed by atoms with Crippen LogP contribution in [0.5, 0.6) is 5.88 Å². The average Bonchev–Trinajstić information content (AvgIpc) is 2.53. The average molecular weight is 279 g/mol. The molecule has 0 amide bonds. The van der Waals surface area contributed by atoms with Gasteiger partial charge in [-0.2, -0.15) is 4.98 Å². The first kappa shape index (κ1) is 13.4. The zero-order valence-electron chi connectivity index (χ0n) is 12.4. The van der Waals surface area contributed by atoms with E-state index >= 15 is 0 Å². The molecule has 0 bridgehead atoms. The number of nitrogens with zero attached hydrogens (tertiary/aromatic N) is 3. The van der Waals surface area contributed by atoms with Gasteiger partial charge in [-0.05, 0) is 36.4 Å². The molecule has 106 valence electrons. The minimum absolute atomic E-state index is 0.604. The Bertz CT molecular complexity index is 767. The lowest BCUT2D eigenvalue weighted by Crippen LogP contribution is -2.08. The zero-order valence-corrected chi connectivity index (χ0v) is 12.4. The Kier molecular flexibility index (Phi) is 3.44. The molecule has 2 aromatic carbocycles. The fraction of sp³-hybridized carbons (Fsp3) is 0.176. The summed E-state index contributed by atoms with van der Waals surface area (Å²) in [5.74, 6) is 1.28. The van der Waals surface area contributed by atoms with E-state index in [-0.39, 0.29) is 0 Å². The Hall–Kier alpha value is -2.62. The molecule has 0 unspecified atom stereocenters. The van der Waals surface area contributed by atoms with Crippen LogP contribution >= 0.6 is 0 Å². The van der Waals surface area contributed by atoms with Gasteiger partial charge in [0.1, 0.15) is 0 Å². The van der Waals surface area contributed by atoms with Crippen LogP contribution in [-0.4, -0.2) is 31.2 Å². The summed E-state index contributed by atoms with van der Waals surface area (Å²) in [5, 5.41) is 0.925. The van der Waals surface area contributed by atoms with E-state index in [2.05, 4.69) is 27.0 Å². The Morgan fingerprint density at radius 1 is 0.905 bits per heavy atom. The Morgan fingerprint density at radius 2 is 1.62 bits per heavy atom. The fourth-order valence-electron chi connectivity index (χ4n) is 2.24. The van der Waals surface area contributed by atoms with E-state index < -0.39 is 0 Å². The number of hydrogen-bond acceptors (Lipinski definition) is 4. The number of methoxy groups -OCH3 is 1. The number of rotatable bonds is 3. The number of benzene rings is 2. The molecule has 4 heteroatoms. The normalized spacial score (nSPS) is 10.6. The third kappa shape index (κ3) is 2.52. The van der Waals surface area contributed by atoms with Gasteiger partial charge >= 0.3 is 0 Å². The van der Waals surface area contributed by atoms with Crippen molar-refractivity contribution in [3.8, 4) is 17.3 Å². The van der Waals surface area contributed by atoms with Crippen molar-refractivity contribution in [2.24, 2.45) is 0 Å². The van der Waals surface area contributed by atoms with Gasteiger partial charge in [0.15, 0.2) is 5.82 Å². The van der Waals surface area contributed by atoms with Crippen LogP contribution in [-0.2, 0) is 0 Å². The lowest BCUT2D eigenvalue weighted by molar-refractivity contribution is 0.403. The van der Waals surface area contributed by atoms with Crippen LogP contribution in [0.4, 0.5) is 5.69 Å². The van der Waals surface area contributed by atoms with Crippen LogP contribution in [0.1, 0.15) is 0 Å². The summed E-state index contributed by atoms with van der Waals surface area (Å²) in [6, 6.07) is 16.0. The highest BCUT2D eigenvalue weighted by Crippen LogP contribution is 2.27. The number of para-hydroxylation sites is 1. The lowest BCUT2D eigenvalue weighted by atomic mass is 10.1. The van der Waals surface area contributed by atoms with Crippen LogP contribution in [0.25, 0.3) is 22.3 Å². The molecule has 0 radical (unpaired) electrons. The first-order valence-corrected chi connectivity index (χ1v) is 6.77. The molecule has 0 aliphatic carbocycles. The number of fused-ring (bicyclic) bond motifs is 1. The van der Waals surface area contributed by atoms with Crippen molar-refractivity contribution in [3.05, 3.63) is 48.5 Å². The van der Waals surface area contributed by atoms with E-state index in [9.17, 15) is 0 Å². The van der Waals surface area contributed by atoms with Gasteiger partial charge in [-0.3, -0.25) is 0 Å². The summed E-state index contributed by atoms with van der Waals surface area (Å²) in [7, 11) is 5.67. The van der Waals surface area contributed by atoms with E-state index in [4.69, 9.17) is 4.74 Å². The van der Waals surface area contributed by atoms with Gasteiger partial charge in [-0.25, -0.2) is 4.98 Å². The highest BCUT2D eigenvalue weighted by atomic mass is 16.5. The van der Waals surface area contributed by atoms with Gasteiger partial charge in [0.25, 0.3) is 0 Å². The van der Waals surface area contributed by atoms with Crippen molar-refractivity contribution in [3.63, 3.8) is 0 Å². The molecule has 0 spiro atoms. The lowest BCUT2D eigenvalue weighted by Gasteiger charge is -2.13. The molecule has 0 aliphatic heterocycles. The highest BCUT2D eigenvalue weighted by Gasteiger charge is 2.09. The predicted molar refractivity (Wildman–Crippen MR) is 85.9 cm³/mol.